The molecule has 0 rings (SSSR count). The molecule has 54 valence electrons. The molecule has 0 atom stereocenters. The summed E-state index contributed by atoms with van der Waals surface area (Å²) < 4.78 is 10.2. The summed E-state index contributed by atoms with van der Waals surface area (Å²) in [6.45, 7) is 8.73. The highest BCUT2D eigenvalue weighted by molar-refractivity contribution is 4.71. The van der Waals surface area contributed by atoms with Gasteiger partial charge in [-0.3, -0.25) is 0 Å². The summed E-state index contributed by atoms with van der Waals surface area (Å²) in [7, 11) is 0. The van der Waals surface area contributed by atoms with Gasteiger partial charge in [0.1, 0.15) is 0 Å². The lowest BCUT2D eigenvalue weighted by Gasteiger charge is -2.10. The van der Waals surface area contributed by atoms with Crippen molar-refractivity contribution in [1.29, 1.82) is 0 Å². The Labute approximate surface area is 56.5 Å². The molecule has 0 N–H and O–H groups in total. The molecule has 2 nitrogen and oxygen atoms in total. The molecule has 0 aromatic rings. The Morgan fingerprint density at radius 1 is 1.33 bits per heavy atom. The highest BCUT2D eigenvalue weighted by Gasteiger charge is 1.98. The molecule has 0 spiro atoms. The predicted molar refractivity (Wildman–Crippen MR) is 37.2 cm³/mol. The van der Waals surface area contributed by atoms with Gasteiger partial charge in [-0.15, -0.1) is 0 Å². The topological polar surface area (TPSA) is 18.5 Å². The monoisotopic (exact) mass is 130 g/mol. The number of hydrogen-bond donors (Lipinski definition) is 0. The fourth-order valence-electron chi connectivity index (χ4n) is 0.513. The molecule has 0 aliphatic rings. The van der Waals surface area contributed by atoms with Gasteiger partial charge in [0.2, 0.25) is 0 Å². The summed E-state index contributed by atoms with van der Waals surface area (Å²) in [5.41, 5.74) is 0. The van der Waals surface area contributed by atoms with Crippen molar-refractivity contribution in [3.8, 4) is 0 Å². The molecular weight excluding hydrogens is 116 g/mol. The van der Waals surface area contributed by atoms with E-state index in [0.29, 0.717) is 13.2 Å². The van der Waals surface area contributed by atoms with Crippen molar-refractivity contribution in [3.05, 3.63) is 12.7 Å². The van der Waals surface area contributed by atoms with Crippen LogP contribution in [-0.2, 0) is 9.47 Å². The largest absolute Gasteiger partial charge is 0.349 e. The van der Waals surface area contributed by atoms with E-state index in [1.165, 1.54) is 0 Å². The minimum Gasteiger partial charge on any atom is -0.349 e. The van der Waals surface area contributed by atoms with E-state index in [1.807, 2.05) is 13.8 Å². The first-order chi connectivity index (χ1) is 4.35. The molecule has 0 bridgehead atoms. The SMILES string of the molecule is C=CC(OCC)OCC. The standard InChI is InChI=1S/C7H14O2/c1-4-7(8-5-2)9-6-3/h4,7H,1,5-6H2,2-3H3. The maximum absolute atomic E-state index is 5.09. The number of hydrogen-bond acceptors (Lipinski definition) is 2. The van der Waals surface area contributed by atoms with Crippen LogP contribution in [0, 0.1) is 0 Å². The van der Waals surface area contributed by atoms with E-state index >= 15 is 0 Å². The average Bonchev–Trinajstić information content (AvgIpc) is 1.88. The fourth-order valence-corrected chi connectivity index (χ4v) is 0.513. The first-order valence-electron chi connectivity index (χ1n) is 3.20. The van der Waals surface area contributed by atoms with Crippen LogP contribution in [0.3, 0.4) is 0 Å². The van der Waals surface area contributed by atoms with Crippen molar-refractivity contribution in [2.75, 3.05) is 13.2 Å². The Morgan fingerprint density at radius 2 is 1.78 bits per heavy atom. The van der Waals surface area contributed by atoms with E-state index in [1.54, 1.807) is 6.08 Å². The molecule has 0 aliphatic heterocycles. The lowest BCUT2D eigenvalue weighted by molar-refractivity contribution is -0.103. The third kappa shape index (κ3) is 4.18. The zero-order valence-electron chi connectivity index (χ0n) is 6.09. The summed E-state index contributed by atoms with van der Waals surface area (Å²) >= 11 is 0. The molecule has 0 radical (unpaired) electrons. The maximum Gasteiger partial charge on any atom is 0.176 e. The van der Waals surface area contributed by atoms with Gasteiger partial charge in [-0.2, -0.15) is 0 Å². The highest BCUT2D eigenvalue weighted by Crippen LogP contribution is 1.94. The van der Waals surface area contributed by atoms with E-state index in [0.717, 1.165) is 0 Å². The van der Waals surface area contributed by atoms with Crippen LogP contribution < -0.4 is 0 Å². The molecule has 0 amide bonds. The van der Waals surface area contributed by atoms with Crippen LogP contribution in [0.4, 0.5) is 0 Å². The molecule has 0 aliphatic carbocycles. The molecule has 0 unspecified atom stereocenters. The van der Waals surface area contributed by atoms with E-state index in [-0.39, 0.29) is 6.29 Å². The summed E-state index contributed by atoms with van der Waals surface area (Å²) in [6.07, 6.45) is 1.42. The summed E-state index contributed by atoms with van der Waals surface area (Å²) in [5, 5.41) is 0. The smallest absolute Gasteiger partial charge is 0.176 e. The van der Waals surface area contributed by atoms with Gasteiger partial charge in [-0.1, -0.05) is 6.58 Å². The van der Waals surface area contributed by atoms with E-state index in [2.05, 4.69) is 6.58 Å². The predicted octanol–water partition coefficient (Wildman–Crippen LogP) is 1.57. The van der Waals surface area contributed by atoms with E-state index in [4.69, 9.17) is 9.47 Å². The lowest BCUT2D eigenvalue weighted by Crippen LogP contribution is -2.13. The van der Waals surface area contributed by atoms with Gasteiger partial charge >= 0.3 is 0 Å². The van der Waals surface area contributed by atoms with Crippen molar-refractivity contribution < 1.29 is 9.47 Å². The van der Waals surface area contributed by atoms with Crippen LogP contribution in [0.25, 0.3) is 0 Å². The van der Waals surface area contributed by atoms with Gasteiger partial charge in [0.25, 0.3) is 0 Å². The van der Waals surface area contributed by atoms with Gasteiger partial charge in [-0.05, 0) is 19.9 Å². The van der Waals surface area contributed by atoms with Crippen LogP contribution in [0.1, 0.15) is 13.8 Å². The molecule has 0 heterocycles. The molecule has 0 fully saturated rings. The highest BCUT2D eigenvalue weighted by atomic mass is 16.7. The second kappa shape index (κ2) is 5.79. The quantitative estimate of drug-likeness (QED) is 0.415. The molecule has 0 aromatic carbocycles. The third-order valence-electron chi connectivity index (χ3n) is 0.854. The molecule has 0 saturated heterocycles. The number of ether oxygens (including phenoxy) is 2. The van der Waals surface area contributed by atoms with E-state index < -0.39 is 0 Å². The van der Waals surface area contributed by atoms with Crippen LogP contribution in [0.5, 0.6) is 0 Å². The van der Waals surface area contributed by atoms with Crippen molar-refractivity contribution >= 4 is 0 Å². The van der Waals surface area contributed by atoms with Crippen LogP contribution in [-0.4, -0.2) is 19.5 Å². The Hall–Kier alpha value is -0.340. The molecule has 0 aromatic heterocycles. The van der Waals surface area contributed by atoms with Gasteiger partial charge in [-0.25, -0.2) is 0 Å². The van der Waals surface area contributed by atoms with Crippen molar-refractivity contribution in [1.82, 2.24) is 0 Å². The van der Waals surface area contributed by atoms with Gasteiger partial charge in [0, 0.05) is 13.2 Å². The third-order valence-corrected chi connectivity index (χ3v) is 0.854. The summed E-state index contributed by atoms with van der Waals surface area (Å²) in [6, 6.07) is 0. The van der Waals surface area contributed by atoms with Gasteiger partial charge in [0.05, 0.1) is 0 Å². The van der Waals surface area contributed by atoms with Gasteiger partial charge < -0.3 is 9.47 Å². The first kappa shape index (κ1) is 8.66. The Morgan fingerprint density at radius 3 is 2.00 bits per heavy atom. The second-order valence-corrected chi connectivity index (χ2v) is 1.51. The van der Waals surface area contributed by atoms with Gasteiger partial charge in [0.15, 0.2) is 6.29 Å². The second-order valence-electron chi connectivity index (χ2n) is 1.51. The molecule has 2 heteroatoms. The normalized spacial score (nSPS) is 10.1. The fraction of sp³-hybridized carbons (Fsp3) is 0.714. The van der Waals surface area contributed by atoms with Crippen LogP contribution in [0.2, 0.25) is 0 Å². The Kier molecular flexibility index (Phi) is 5.57. The zero-order chi connectivity index (χ0) is 7.11. The van der Waals surface area contributed by atoms with Crippen molar-refractivity contribution in [2.45, 2.75) is 20.1 Å². The van der Waals surface area contributed by atoms with Crippen LogP contribution in [0.15, 0.2) is 12.7 Å². The van der Waals surface area contributed by atoms with Crippen LogP contribution >= 0.6 is 0 Å². The Balaban J connectivity index is 3.29. The minimum atomic E-state index is -0.222. The summed E-state index contributed by atoms with van der Waals surface area (Å²) in [4.78, 5) is 0. The number of rotatable bonds is 5. The molecule has 0 saturated carbocycles. The van der Waals surface area contributed by atoms with Crippen molar-refractivity contribution in [3.63, 3.8) is 0 Å². The lowest BCUT2D eigenvalue weighted by atomic mass is 10.6. The maximum atomic E-state index is 5.09. The minimum absolute atomic E-state index is 0.222. The zero-order valence-corrected chi connectivity index (χ0v) is 6.09. The Bertz CT molecular complexity index is 65.3. The average molecular weight is 130 g/mol. The summed E-state index contributed by atoms with van der Waals surface area (Å²) in [5.74, 6) is 0. The van der Waals surface area contributed by atoms with E-state index in [9.17, 15) is 0 Å². The first-order valence-corrected chi connectivity index (χ1v) is 3.20. The molecular formula is C7H14O2. The van der Waals surface area contributed by atoms with Crippen molar-refractivity contribution in [2.24, 2.45) is 0 Å². The molecule has 9 heavy (non-hydrogen) atoms.